The second kappa shape index (κ2) is 5.63. The van der Waals surface area contributed by atoms with Crippen LogP contribution in [-0.2, 0) is 6.54 Å². The van der Waals surface area contributed by atoms with E-state index in [1.54, 1.807) is 0 Å². The highest BCUT2D eigenvalue weighted by Gasteiger charge is 2.15. The monoisotopic (exact) mass is 338 g/mol. The average molecular weight is 338 g/mol. The molecule has 0 aliphatic heterocycles. The molecule has 0 radical (unpaired) electrons. The second-order valence-corrected chi connectivity index (χ2v) is 6.78. The molecule has 4 heteroatoms. The third-order valence-electron chi connectivity index (χ3n) is 5.06. The van der Waals surface area contributed by atoms with Crippen molar-refractivity contribution in [3.05, 3.63) is 77.6 Å². The van der Waals surface area contributed by atoms with Gasteiger partial charge in [0.2, 0.25) is 0 Å². The minimum absolute atomic E-state index is 0.748. The molecule has 0 saturated heterocycles. The first-order chi connectivity index (χ1) is 12.7. The summed E-state index contributed by atoms with van der Waals surface area (Å²) < 4.78 is 2.25. The maximum Gasteiger partial charge on any atom is 0.160 e. The van der Waals surface area contributed by atoms with E-state index in [4.69, 9.17) is 9.97 Å². The zero-order chi connectivity index (χ0) is 17.7. The van der Waals surface area contributed by atoms with Gasteiger partial charge in [-0.15, -0.1) is 0 Å². The summed E-state index contributed by atoms with van der Waals surface area (Å²) in [6, 6.07) is 16.7. The fourth-order valence-electron chi connectivity index (χ4n) is 3.53. The molecule has 5 aromatic rings. The first-order valence-corrected chi connectivity index (χ1v) is 8.75. The van der Waals surface area contributed by atoms with Crippen LogP contribution < -0.4 is 0 Å². The van der Waals surface area contributed by atoms with E-state index < -0.39 is 0 Å². The highest BCUT2D eigenvalue weighted by atomic mass is 15.1. The fourth-order valence-corrected chi connectivity index (χ4v) is 3.53. The van der Waals surface area contributed by atoms with Crippen molar-refractivity contribution in [2.75, 3.05) is 0 Å². The molecule has 0 aliphatic carbocycles. The van der Waals surface area contributed by atoms with Crippen molar-refractivity contribution >= 4 is 33.1 Å². The number of para-hydroxylation sites is 1. The van der Waals surface area contributed by atoms with Crippen LogP contribution in [0.3, 0.4) is 0 Å². The smallest absolute Gasteiger partial charge is 0.160 e. The Kier molecular flexibility index (Phi) is 3.25. The number of aryl methyl sites for hydroxylation is 2. The summed E-state index contributed by atoms with van der Waals surface area (Å²) >= 11 is 0. The second-order valence-electron chi connectivity index (χ2n) is 6.78. The van der Waals surface area contributed by atoms with Crippen LogP contribution in [0.25, 0.3) is 33.1 Å². The van der Waals surface area contributed by atoms with Crippen LogP contribution in [-0.4, -0.2) is 19.5 Å². The Morgan fingerprint density at radius 1 is 0.846 bits per heavy atom. The molecule has 0 fully saturated rings. The van der Waals surface area contributed by atoms with Crippen molar-refractivity contribution in [1.29, 1.82) is 0 Å². The molecule has 0 atom stereocenters. The molecule has 0 spiro atoms. The van der Waals surface area contributed by atoms with Gasteiger partial charge in [0, 0.05) is 24.3 Å². The molecule has 0 aliphatic rings. The van der Waals surface area contributed by atoms with Crippen LogP contribution in [0.1, 0.15) is 16.7 Å². The zero-order valence-corrected chi connectivity index (χ0v) is 14.8. The van der Waals surface area contributed by atoms with Gasteiger partial charge in [-0.25, -0.2) is 9.97 Å². The fraction of sp³-hybridized carbons (Fsp3) is 0.136. The van der Waals surface area contributed by atoms with Gasteiger partial charge in [0.25, 0.3) is 0 Å². The van der Waals surface area contributed by atoms with Crippen molar-refractivity contribution in [1.82, 2.24) is 19.5 Å². The lowest BCUT2D eigenvalue weighted by atomic mass is 10.1. The van der Waals surface area contributed by atoms with Gasteiger partial charge in [-0.2, -0.15) is 0 Å². The van der Waals surface area contributed by atoms with Gasteiger partial charge in [-0.3, -0.25) is 4.98 Å². The molecular weight excluding hydrogens is 320 g/mol. The number of pyridine rings is 1. The molecular formula is C22H18N4. The van der Waals surface area contributed by atoms with Gasteiger partial charge in [0.15, 0.2) is 5.65 Å². The number of nitrogens with zero attached hydrogens (tertiary/aromatic N) is 4. The molecule has 4 nitrogen and oxygen atoms in total. The molecule has 0 N–H and O–H groups in total. The molecule has 3 heterocycles. The van der Waals surface area contributed by atoms with Gasteiger partial charge < -0.3 is 4.57 Å². The van der Waals surface area contributed by atoms with E-state index in [0.29, 0.717) is 0 Å². The molecule has 3 aromatic heterocycles. The van der Waals surface area contributed by atoms with Crippen molar-refractivity contribution in [3.8, 4) is 0 Å². The third kappa shape index (κ3) is 2.26. The van der Waals surface area contributed by atoms with E-state index in [2.05, 4.69) is 59.8 Å². The quantitative estimate of drug-likeness (QED) is 0.464. The molecule has 5 rings (SSSR count). The van der Waals surface area contributed by atoms with E-state index in [-0.39, 0.29) is 0 Å². The van der Waals surface area contributed by atoms with E-state index in [1.165, 1.54) is 16.7 Å². The molecule has 0 amide bonds. The van der Waals surface area contributed by atoms with Crippen LogP contribution in [0.2, 0.25) is 0 Å². The van der Waals surface area contributed by atoms with Crippen LogP contribution in [0, 0.1) is 13.8 Å². The normalized spacial score (nSPS) is 11.6. The predicted molar refractivity (Wildman–Crippen MR) is 105 cm³/mol. The summed E-state index contributed by atoms with van der Waals surface area (Å²) in [5.74, 6) is 0. The Morgan fingerprint density at radius 3 is 2.31 bits per heavy atom. The molecule has 126 valence electrons. The number of fused-ring (bicyclic) bond motifs is 4. The first kappa shape index (κ1) is 15.0. The minimum Gasteiger partial charge on any atom is -0.319 e. The number of aromatic nitrogens is 4. The van der Waals surface area contributed by atoms with E-state index in [0.717, 1.165) is 39.6 Å². The summed E-state index contributed by atoms with van der Waals surface area (Å²) in [6.07, 6.45) is 3.66. The third-order valence-corrected chi connectivity index (χ3v) is 5.06. The largest absolute Gasteiger partial charge is 0.319 e. The van der Waals surface area contributed by atoms with Crippen molar-refractivity contribution in [2.24, 2.45) is 0 Å². The van der Waals surface area contributed by atoms with Crippen molar-refractivity contribution in [2.45, 2.75) is 20.4 Å². The SMILES string of the molecule is Cc1cc2nc3c4ccccc4n(Cc4ccncc4)c3nc2cc1C. The van der Waals surface area contributed by atoms with Crippen molar-refractivity contribution < 1.29 is 0 Å². The highest BCUT2D eigenvalue weighted by molar-refractivity contribution is 6.06. The lowest BCUT2D eigenvalue weighted by Gasteiger charge is -2.08. The Bertz CT molecular complexity index is 1270. The van der Waals surface area contributed by atoms with Crippen molar-refractivity contribution in [3.63, 3.8) is 0 Å². The van der Waals surface area contributed by atoms with E-state index in [9.17, 15) is 0 Å². The number of rotatable bonds is 2. The molecule has 0 saturated carbocycles. The summed E-state index contributed by atoms with van der Waals surface area (Å²) in [7, 11) is 0. The van der Waals surface area contributed by atoms with Gasteiger partial charge in [0.1, 0.15) is 5.52 Å². The lowest BCUT2D eigenvalue weighted by molar-refractivity contribution is 0.855. The summed E-state index contributed by atoms with van der Waals surface area (Å²) in [5, 5.41) is 1.14. The predicted octanol–water partition coefficient (Wildman–Crippen LogP) is 4.80. The number of benzene rings is 2. The van der Waals surface area contributed by atoms with E-state index >= 15 is 0 Å². The highest BCUT2D eigenvalue weighted by Crippen LogP contribution is 2.29. The topological polar surface area (TPSA) is 43.6 Å². The van der Waals surface area contributed by atoms with Crippen LogP contribution in [0.15, 0.2) is 60.9 Å². The Morgan fingerprint density at radius 2 is 1.54 bits per heavy atom. The average Bonchev–Trinajstić information content (AvgIpc) is 2.95. The Hall–Kier alpha value is -3.27. The number of hydrogen-bond acceptors (Lipinski definition) is 3. The molecule has 26 heavy (non-hydrogen) atoms. The van der Waals surface area contributed by atoms with Crippen LogP contribution in [0.4, 0.5) is 0 Å². The minimum atomic E-state index is 0.748. The Balaban J connectivity index is 1.86. The standard InChI is InChI=1S/C22H18N4/c1-14-11-18-19(12-15(14)2)25-22-21(24-18)17-5-3-4-6-20(17)26(22)13-16-7-9-23-10-8-16/h3-12H,13H2,1-2H3. The molecule has 0 unspecified atom stereocenters. The summed E-state index contributed by atoms with van der Waals surface area (Å²) in [6.45, 7) is 4.98. The maximum absolute atomic E-state index is 5.00. The van der Waals surface area contributed by atoms with Crippen LogP contribution in [0.5, 0.6) is 0 Å². The summed E-state index contributed by atoms with van der Waals surface area (Å²) in [5.41, 5.74) is 8.62. The van der Waals surface area contributed by atoms with Gasteiger partial charge in [-0.05, 0) is 60.9 Å². The van der Waals surface area contributed by atoms with E-state index in [1.807, 2.05) is 24.5 Å². The first-order valence-electron chi connectivity index (χ1n) is 8.75. The van der Waals surface area contributed by atoms with Crippen LogP contribution >= 0.6 is 0 Å². The summed E-state index contributed by atoms with van der Waals surface area (Å²) in [4.78, 5) is 14.1. The maximum atomic E-state index is 5.00. The lowest BCUT2D eigenvalue weighted by Crippen LogP contribution is -2.01. The number of hydrogen-bond donors (Lipinski definition) is 0. The molecule has 0 bridgehead atoms. The van der Waals surface area contributed by atoms with Gasteiger partial charge in [-0.1, -0.05) is 18.2 Å². The molecule has 2 aromatic carbocycles. The van der Waals surface area contributed by atoms with Gasteiger partial charge >= 0.3 is 0 Å². The zero-order valence-electron chi connectivity index (χ0n) is 14.8. The Labute approximate surface area is 151 Å². The van der Waals surface area contributed by atoms with Gasteiger partial charge in [0.05, 0.1) is 16.6 Å².